The molecule has 1 fully saturated rings. The lowest BCUT2D eigenvalue weighted by Gasteiger charge is -2.25. The summed E-state index contributed by atoms with van der Waals surface area (Å²) in [6.45, 7) is 3.55. The van der Waals surface area contributed by atoms with E-state index in [1.165, 1.54) is 12.7 Å². The summed E-state index contributed by atoms with van der Waals surface area (Å²) in [4.78, 5) is 0. The number of hydrogen-bond donors (Lipinski definition) is 0. The number of fused-ring (bicyclic) bond motifs is 5. The molecule has 0 heterocycles. The van der Waals surface area contributed by atoms with E-state index in [-0.39, 0.29) is 0 Å². The molecule has 0 unspecified atom stereocenters. The molecule has 2 bridgehead atoms. The van der Waals surface area contributed by atoms with E-state index in [0.717, 1.165) is 0 Å². The van der Waals surface area contributed by atoms with Crippen molar-refractivity contribution in [2.24, 2.45) is 23.7 Å². The number of ether oxygens (including phenoxy) is 1. The highest BCUT2D eigenvalue weighted by Gasteiger charge is 2.49. The number of rotatable bonds is 2. The van der Waals surface area contributed by atoms with Crippen LogP contribution in [0.1, 0.15) is 7.79 Å². The van der Waals surface area contributed by atoms with Crippen LogP contribution in [-0.2, 0) is 4.74 Å². The maximum absolute atomic E-state index is 8.25. The first-order valence-electron chi connectivity index (χ1n) is 5.41. The summed E-state index contributed by atoms with van der Waals surface area (Å²) in [5, 5.41) is 0. The van der Waals surface area contributed by atoms with E-state index in [1.54, 1.807) is 0 Å². The van der Waals surface area contributed by atoms with E-state index in [2.05, 4.69) is 24.8 Å². The van der Waals surface area contributed by atoms with E-state index in [0.29, 0.717) is 23.7 Å². The predicted octanol–water partition coefficient (Wildman–Crippen LogP) is 2.52. The smallest absolute Gasteiger partial charge is 0.120 e. The molecule has 0 aromatic heterocycles. The maximum Gasteiger partial charge on any atom is 0.120 e. The first-order chi connectivity index (χ1) is 6.74. The molecule has 0 spiro atoms. The molecule has 0 amide bonds. The summed E-state index contributed by atoms with van der Waals surface area (Å²) in [5.41, 5.74) is 0. The van der Waals surface area contributed by atoms with Gasteiger partial charge in [0.05, 0.1) is 7.63 Å². The van der Waals surface area contributed by atoms with Gasteiger partial charge >= 0.3 is 0 Å². The van der Waals surface area contributed by atoms with E-state index >= 15 is 0 Å². The quantitative estimate of drug-likeness (QED) is 0.463. The third-order valence-corrected chi connectivity index (χ3v) is 3.55. The monoisotopic (exact) mass is 175 g/mol. The molecule has 3 rings (SSSR count). The minimum absolute atomic E-state index is 0.315. The van der Waals surface area contributed by atoms with Crippen LogP contribution in [0.25, 0.3) is 0 Å². The lowest BCUT2D eigenvalue weighted by atomic mass is 9.84. The molecule has 0 radical (unpaired) electrons. The molecule has 0 aromatic rings. The summed E-state index contributed by atoms with van der Waals surface area (Å²) in [5.74, 6) is 2.04. The molecule has 5 atom stereocenters. The fourth-order valence-corrected chi connectivity index (χ4v) is 3.05. The van der Waals surface area contributed by atoms with Crippen molar-refractivity contribution >= 4 is 0 Å². The molecule has 13 heavy (non-hydrogen) atoms. The zero-order valence-corrected chi connectivity index (χ0v) is 7.52. The molecular formula is C12H14O. The Labute approximate surface area is 80.2 Å². The number of allylic oxidation sites excluding steroid dienone is 3. The molecular weight excluding hydrogens is 160 g/mol. The van der Waals surface area contributed by atoms with E-state index in [1.807, 2.05) is 6.08 Å². The minimum Gasteiger partial charge on any atom is -0.494 e. The van der Waals surface area contributed by atoms with Crippen LogP contribution in [0.5, 0.6) is 0 Å². The average Bonchev–Trinajstić information content (AvgIpc) is 2.78. The SMILES string of the molecule is [2H][C@]1(OC=C)C=C[C@@H]2[C@H]1[C@H]1C=C[C@@H]2C1. The Morgan fingerprint density at radius 1 is 1.31 bits per heavy atom. The predicted molar refractivity (Wildman–Crippen MR) is 51.9 cm³/mol. The molecule has 0 aromatic carbocycles. The van der Waals surface area contributed by atoms with Gasteiger partial charge in [-0.25, -0.2) is 0 Å². The van der Waals surface area contributed by atoms with Gasteiger partial charge in [-0.15, -0.1) is 0 Å². The summed E-state index contributed by atoms with van der Waals surface area (Å²) in [6.07, 6.45) is 10.4. The van der Waals surface area contributed by atoms with Crippen molar-refractivity contribution in [1.29, 1.82) is 0 Å². The standard InChI is InChI=1S/C12H14O/c1-2-13-11-6-5-10-8-3-4-9(7-8)12(10)11/h2-6,8-12H,1,7H2/t8-,9+,10+,11+,12-/m1/s1/i11D. The summed E-state index contributed by atoms with van der Waals surface area (Å²) >= 11 is 0. The summed E-state index contributed by atoms with van der Waals surface area (Å²) in [7, 11) is 0. The second-order valence-corrected chi connectivity index (χ2v) is 4.10. The highest BCUT2D eigenvalue weighted by atomic mass is 16.5. The molecule has 68 valence electrons. The van der Waals surface area contributed by atoms with Gasteiger partial charge in [0.1, 0.15) is 6.08 Å². The van der Waals surface area contributed by atoms with Crippen LogP contribution in [0.2, 0.25) is 0 Å². The van der Waals surface area contributed by atoms with Crippen molar-refractivity contribution in [3.63, 3.8) is 0 Å². The second kappa shape index (κ2) is 2.50. The third kappa shape index (κ3) is 0.874. The van der Waals surface area contributed by atoms with Gasteiger partial charge in [-0.3, -0.25) is 0 Å². The lowest BCUT2D eigenvalue weighted by molar-refractivity contribution is 0.110. The molecule has 0 saturated heterocycles. The summed E-state index contributed by atoms with van der Waals surface area (Å²) in [6, 6.07) is 0. The fraction of sp³-hybridized carbons (Fsp3) is 0.500. The second-order valence-electron chi connectivity index (χ2n) is 4.10. The van der Waals surface area contributed by atoms with E-state index in [9.17, 15) is 0 Å². The van der Waals surface area contributed by atoms with Crippen molar-refractivity contribution in [2.75, 3.05) is 0 Å². The van der Waals surface area contributed by atoms with Gasteiger partial charge in [0.2, 0.25) is 0 Å². The molecule has 3 aliphatic carbocycles. The Bertz CT molecular complexity index is 333. The van der Waals surface area contributed by atoms with Crippen LogP contribution < -0.4 is 0 Å². The minimum atomic E-state index is -0.851. The topological polar surface area (TPSA) is 9.23 Å². The van der Waals surface area contributed by atoms with Gasteiger partial charge in [0.25, 0.3) is 0 Å². The van der Waals surface area contributed by atoms with Crippen molar-refractivity contribution in [2.45, 2.75) is 12.5 Å². The molecule has 1 nitrogen and oxygen atoms in total. The van der Waals surface area contributed by atoms with Crippen LogP contribution in [0.3, 0.4) is 0 Å². The van der Waals surface area contributed by atoms with Crippen LogP contribution in [0, 0.1) is 23.7 Å². The van der Waals surface area contributed by atoms with E-state index in [4.69, 9.17) is 6.11 Å². The first-order valence-corrected chi connectivity index (χ1v) is 4.91. The highest BCUT2D eigenvalue weighted by Crippen LogP contribution is 2.53. The van der Waals surface area contributed by atoms with E-state index < -0.39 is 6.08 Å². The largest absolute Gasteiger partial charge is 0.494 e. The van der Waals surface area contributed by atoms with Crippen LogP contribution >= 0.6 is 0 Å². The average molecular weight is 175 g/mol. The summed E-state index contributed by atoms with van der Waals surface area (Å²) < 4.78 is 13.6. The Morgan fingerprint density at radius 2 is 2.15 bits per heavy atom. The Kier molecular flexibility index (Phi) is 1.25. The van der Waals surface area contributed by atoms with Gasteiger partial charge < -0.3 is 4.74 Å². The van der Waals surface area contributed by atoms with Crippen molar-refractivity contribution in [1.82, 2.24) is 0 Å². The van der Waals surface area contributed by atoms with Gasteiger partial charge in [-0.05, 0) is 30.3 Å². The molecule has 1 heteroatoms. The third-order valence-electron chi connectivity index (χ3n) is 3.55. The molecule has 0 aliphatic heterocycles. The lowest BCUT2D eigenvalue weighted by Crippen LogP contribution is -2.25. The van der Waals surface area contributed by atoms with Gasteiger partial charge in [-0.2, -0.15) is 0 Å². The van der Waals surface area contributed by atoms with Crippen molar-refractivity contribution < 1.29 is 6.11 Å². The van der Waals surface area contributed by atoms with Crippen molar-refractivity contribution in [3.8, 4) is 0 Å². The highest BCUT2D eigenvalue weighted by molar-refractivity contribution is 5.25. The maximum atomic E-state index is 8.25. The Balaban J connectivity index is 1.95. The first kappa shape index (κ1) is 6.47. The molecule has 0 N–H and O–H groups in total. The Hall–Kier alpha value is -0.980. The van der Waals surface area contributed by atoms with Crippen LogP contribution in [0.4, 0.5) is 0 Å². The van der Waals surface area contributed by atoms with Gasteiger partial charge in [-0.1, -0.05) is 24.8 Å². The zero-order chi connectivity index (χ0) is 9.76. The van der Waals surface area contributed by atoms with Gasteiger partial charge in [0.15, 0.2) is 0 Å². The normalized spacial score (nSPS) is 56.5. The molecule has 3 aliphatic rings. The van der Waals surface area contributed by atoms with Gasteiger partial charge in [0, 0.05) is 5.92 Å². The number of hydrogen-bond acceptors (Lipinski definition) is 1. The zero-order valence-electron chi connectivity index (χ0n) is 8.52. The van der Waals surface area contributed by atoms with Crippen LogP contribution in [-0.4, -0.2) is 6.08 Å². The van der Waals surface area contributed by atoms with Crippen molar-refractivity contribution in [3.05, 3.63) is 37.1 Å². The Morgan fingerprint density at radius 3 is 3.00 bits per heavy atom. The van der Waals surface area contributed by atoms with Crippen LogP contribution in [0.15, 0.2) is 37.1 Å². The fourth-order valence-electron chi connectivity index (χ4n) is 3.05. The molecule has 1 saturated carbocycles.